The molecule has 6 heteroatoms. The SMILES string of the molecule is Cc1ccc(-c2noc(CN(C)C(=O)[C@H](C)Oc3ccccc3)n2)cc1. The number of aryl methyl sites for hydroxylation is 1. The Balaban J connectivity index is 1.61. The molecule has 1 amide bonds. The molecule has 6 nitrogen and oxygen atoms in total. The minimum absolute atomic E-state index is 0.163. The van der Waals surface area contributed by atoms with E-state index in [9.17, 15) is 4.79 Å². The van der Waals surface area contributed by atoms with E-state index < -0.39 is 6.10 Å². The highest BCUT2D eigenvalue weighted by molar-refractivity contribution is 5.80. The lowest BCUT2D eigenvalue weighted by atomic mass is 10.1. The van der Waals surface area contributed by atoms with Crippen molar-refractivity contribution < 1.29 is 14.1 Å². The van der Waals surface area contributed by atoms with Crippen molar-refractivity contribution >= 4 is 5.91 Å². The molecule has 0 aliphatic heterocycles. The van der Waals surface area contributed by atoms with Crippen molar-refractivity contribution in [3.05, 3.63) is 66.1 Å². The first-order chi connectivity index (χ1) is 12.5. The van der Waals surface area contributed by atoms with Crippen LogP contribution in [0.3, 0.4) is 0 Å². The molecule has 0 bridgehead atoms. The lowest BCUT2D eigenvalue weighted by Crippen LogP contribution is -2.37. The van der Waals surface area contributed by atoms with Crippen LogP contribution < -0.4 is 4.74 Å². The van der Waals surface area contributed by atoms with Gasteiger partial charge >= 0.3 is 0 Å². The first-order valence-electron chi connectivity index (χ1n) is 8.39. The summed E-state index contributed by atoms with van der Waals surface area (Å²) in [6.07, 6.45) is -0.609. The van der Waals surface area contributed by atoms with Gasteiger partial charge in [-0.05, 0) is 26.0 Å². The summed E-state index contributed by atoms with van der Waals surface area (Å²) in [4.78, 5) is 18.4. The molecule has 0 unspecified atom stereocenters. The van der Waals surface area contributed by atoms with Crippen LogP contribution in [0.25, 0.3) is 11.4 Å². The Morgan fingerprint density at radius 2 is 1.85 bits per heavy atom. The maximum absolute atomic E-state index is 12.5. The highest BCUT2D eigenvalue weighted by Crippen LogP contribution is 2.17. The molecule has 26 heavy (non-hydrogen) atoms. The Hall–Kier alpha value is -3.15. The molecule has 0 aliphatic rings. The van der Waals surface area contributed by atoms with Gasteiger partial charge in [0.25, 0.3) is 5.91 Å². The fraction of sp³-hybridized carbons (Fsp3) is 0.250. The van der Waals surface area contributed by atoms with Crippen LogP contribution in [0.4, 0.5) is 0 Å². The topological polar surface area (TPSA) is 68.5 Å². The number of likely N-dealkylation sites (N-methyl/N-ethyl adjacent to an activating group) is 1. The van der Waals surface area contributed by atoms with Crippen molar-refractivity contribution in [2.75, 3.05) is 7.05 Å². The van der Waals surface area contributed by atoms with E-state index in [1.54, 1.807) is 14.0 Å². The normalized spacial score (nSPS) is 11.8. The summed E-state index contributed by atoms with van der Waals surface area (Å²) >= 11 is 0. The third kappa shape index (κ3) is 4.27. The fourth-order valence-corrected chi connectivity index (χ4v) is 2.48. The predicted octanol–water partition coefficient (Wildman–Crippen LogP) is 3.47. The summed E-state index contributed by atoms with van der Waals surface area (Å²) in [7, 11) is 1.68. The van der Waals surface area contributed by atoms with Crippen molar-refractivity contribution in [2.45, 2.75) is 26.5 Å². The monoisotopic (exact) mass is 351 g/mol. The van der Waals surface area contributed by atoms with E-state index in [0.717, 1.165) is 11.1 Å². The van der Waals surface area contributed by atoms with Gasteiger partial charge in [0.05, 0.1) is 6.54 Å². The fourth-order valence-electron chi connectivity index (χ4n) is 2.48. The van der Waals surface area contributed by atoms with E-state index >= 15 is 0 Å². The summed E-state index contributed by atoms with van der Waals surface area (Å²) in [5.74, 6) is 1.38. The molecule has 0 saturated heterocycles. The van der Waals surface area contributed by atoms with E-state index in [1.807, 2.05) is 61.5 Å². The van der Waals surface area contributed by atoms with E-state index in [-0.39, 0.29) is 12.5 Å². The van der Waals surface area contributed by atoms with Crippen LogP contribution in [0.2, 0.25) is 0 Å². The number of aromatic nitrogens is 2. The zero-order valence-corrected chi connectivity index (χ0v) is 15.0. The number of nitrogens with zero attached hydrogens (tertiary/aromatic N) is 3. The Kier molecular flexibility index (Phi) is 5.31. The van der Waals surface area contributed by atoms with Crippen molar-refractivity contribution in [2.24, 2.45) is 0 Å². The lowest BCUT2D eigenvalue weighted by molar-refractivity contribution is -0.137. The number of hydrogen-bond donors (Lipinski definition) is 0. The van der Waals surface area contributed by atoms with Gasteiger partial charge in [-0.1, -0.05) is 53.2 Å². The molecular weight excluding hydrogens is 330 g/mol. The Labute approximate surface area is 152 Å². The molecule has 0 fully saturated rings. The molecular formula is C20H21N3O3. The van der Waals surface area contributed by atoms with E-state index in [0.29, 0.717) is 17.5 Å². The van der Waals surface area contributed by atoms with Crippen LogP contribution in [0.15, 0.2) is 59.1 Å². The molecule has 134 valence electrons. The average molecular weight is 351 g/mol. The van der Waals surface area contributed by atoms with Gasteiger partial charge in [-0.25, -0.2) is 0 Å². The number of carbonyl (C=O) groups is 1. The Bertz CT molecular complexity index is 860. The van der Waals surface area contributed by atoms with E-state index in [1.165, 1.54) is 4.90 Å². The number of benzene rings is 2. The minimum atomic E-state index is -0.609. The molecule has 2 aromatic carbocycles. The third-order valence-electron chi connectivity index (χ3n) is 3.93. The second-order valence-corrected chi connectivity index (χ2v) is 6.15. The smallest absolute Gasteiger partial charge is 0.263 e. The molecule has 0 aliphatic carbocycles. The summed E-state index contributed by atoms with van der Waals surface area (Å²) < 4.78 is 10.9. The quantitative estimate of drug-likeness (QED) is 0.680. The average Bonchev–Trinajstić information content (AvgIpc) is 3.11. The molecule has 1 aromatic heterocycles. The van der Waals surface area contributed by atoms with Crippen molar-refractivity contribution in [1.29, 1.82) is 0 Å². The van der Waals surface area contributed by atoms with Crippen LogP contribution >= 0.6 is 0 Å². The second-order valence-electron chi connectivity index (χ2n) is 6.15. The van der Waals surface area contributed by atoms with Gasteiger partial charge in [-0.15, -0.1) is 0 Å². The summed E-state index contributed by atoms with van der Waals surface area (Å²) in [5.41, 5.74) is 2.04. The molecule has 0 saturated carbocycles. The second kappa shape index (κ2) is 7.82. The number of ether oxygens (including phenoxy) is 1. The number of carbonyl (C=O) groups excluding carboxylic acids is 1. The number of rotatable bonds is 6. The summed E-state index contributed by atoms with van der Waals surface area (Å²) in [5, 5.41) is 3.99. The molecule has 3 rings (SSSR count). The van der Waals surface area contributed by atoms with Crippen molar-refractivity contribution in [3.63, 3.8) is 0 Å². The third-order valence-corrected chi connectivity index (χ3v) is 3.93. The maximum atomic E-state index is 12.5. The Morgan fingerprint density at radius 3 is 2.54 bits per heavy atom. The van der Waals surface area contributed by atoms with Crippen LogP contribution in [-0.2, 0) is 11.3 Å². The summed E-state index contributed by atoms with van der Waals surface area (Å²) in [6, 6.07) is 17.1. The van der Waals surface area contributed by atoms with Crippen LogP contribution in [-0.4, -0.2) is 34.1 Å². The van der Waals surface area contributed by atoms with Crippen LogP contribution in [0.5, 0.6) is 5.75 Å². The van der Waals surface area contributed by atoms with Crippen molar-refractivity contribution in [1.82, 2.24) is 15.0 Å². The number of para-hydroxylation sites is 1. The van der Waals surface area contributed by atoms with Gasteiger partial charge in [0, 0.05) is 12.6 Å². The van der Waals surface area contributed by atoms with Gasteiger partial charge in [-0.3, -0.25) is 4.79 Å². The van der Waals surface area contributed by atoms with Gasteiger partial charge in [0.2, 0.25) is 11.7 Å². The number of hydrogen-bond acceptors (Lipinski definition) is 5. The van der Waals surface area contributed by atoms with E-state index in [4.69, 9.17) is 9.26 Å². The highest BCUT2D eigenvalue weighted by atomic mass is 16.5. The molecule has 1 atom stereocenters. The molecule has 3 aromatic rings. The molecule has 0 N–H and O–H groups in total. The minimum Gasteiger partial charge on any atom is -0.481 e. The largest absolute Gasteiger partial charge is 0.481 e. The summed E-state index contributed by atoms with van der Waals surface area (Å²) in [6.45, 7) is 3.96. The predicted molar refractivity (Wildman–Crippen MR) is 97.5 cm³/mol. The van der Waals surface area contributed by atoms with Crippen LogP contribution in [0, 0.1) is 6.92 Å². The number of amides is 1. The van der Waals surface area contributed by atoms with Gasteiger partial charge in [-0.2, -0.15) is 4.98 Å². The van der Waals surface area contributed by atoms with Gasteiger partial charge in [0.1, 0.15) is 5.75 Å². The molecule has 0 radical (unpaired) electrons. The zero-order chi connectivity index (χ0) is 18.5. The van der Waals surface area contributed by atoms with Crippen LogP contribution in [0.1, 0.15) is 18.4 Å². The standard InChI is InChI=1S/C20H21N3O3/c1-14-9-11-16(12-10-14)19-21-18(26-22-19)13-23(3)20(24)15(2)25-17-7-5-4-6-8-17/h4-12,15H,13H2,1-3H3/t15-/m0/s1. The van der Waals surface area contributed by atoms with Gasteiger partial charge < -0.3 is 14.2 Å². The zero-order valence-electron chi connectivity index (χ0n) is 15.0. The molecule has 0 spiro atoms. The lowest BCUT2D eigenvalue weighted by Gasteiger charge is -2.20. The maximum Gasteiger partial charge on any atom is 0.263 e. The first-order valence-corrected chi connectivity index (χ1v) is 8.39. The highest BCUT2D eigenvalue weighted by Gasteiger charge is 2.21. The van der Waals surface area contributed by atoms with E-state index in [2.05, 4.69) is 10.1 Å². The van der Waals surface area contributed by atoms with Crippen molar-refractivity contribution in [3.8, 4) is 17.1 Å². The first kappa shape index (κ1) is 17.7. The molecule has 1 heterocycles. The van der Waals surface area contributed by atoms with Gasteiger partial charge in [0.15, 0.2) is 6.10 Å². The Morgan fingerprint density at radius 1 is 1.15 bits per heavy atom.